The molecule has 180 valence electrons. The number of rotatable bonds is 19. The third kappa shape index (κ3) is 13.8. The molecule has 0 radical (unpaired) electrons. The maximum atomic E-state index is 12.7. The Bertz CT molecular complexity index is 648. The van der Waals surface area contributed by atoms with E-state index in [0.29, 0.717) is 25.8 Å². The molecule has 2 amide bonds. The summed E-state index contributed by atoms with van der Waals surface area (Å²) in [6.45, 7) is 2.69. The van der Waals surface area contributed by atoms with Gasteiger partial charge in [0.25, 0.3) is 0 Å². The highest BCUT2D eigenvalue weighted by Gasteiger charge is 2.22. The normalized spacial score (nSPS) is 11.7. The van der Waals surface area contributed by atoms with Gasteiger partial charge in [0.1, 0.15) is 6.04 Å². The van der Waals surface area contributed by atoms with Gasteiger partial charge in [0.05, 0.1) is 0 Å². The number of benzene rings is 1. The minimum absolute atomic E-state index is 0.0987. The summed E-state index contributed by atoms with van der Waals surface area (Å²) < 4.78 is 0. The summed E-state index contributed by atoms with van der Waals surface area (Å²) in [5.74, 6) is -1.12. The van der Waals surface area contributed by atoms with Crippen molar-refractivity contribution in [3.05, 3.63) is 35.9 Å². The Kier molecular flexibility index (Phi) is 15.8. The molecule has 0 spiro atoms. The van der Waals surface area contributed by atoms with E-state index in [2.05, 4.69) is 17.6 Å². The van der Waals surface area contributed by atoms with Crippen molar-refractivity contribution in [2.24, 2.45) is 0 Å². The van der Waals surface area contributed by atoms with Crippen LogP contribution in [-0.4, -0.2) is 29.4 Å². The molecule has 0 aliphatic carbocycles. The summed E-state index contributed by atoms with van der Waals surface area (Å²) in [6.07, 6.45) is 13.4. The van der Waals surface area contributed by atoms with Gasteiger partial charge >= 0.3 is 5.97 Å². The van der Waals surface area contributed by atoms with Crippen molar-refractivity contribution < 1.29 is 19.5 Å². The van der Waals surface area contributed by atoms with Crippen molar-refractivity contribution in [2.45, 2.75) is 103 Å². The van der Waals surface area contributed by atoms with Gasteiger partial charge in [-0.3, -0.25) is 14.4 Å². The topological polar surface area (TPSA) is 95.5 Å². The molecule has 6 nitrogen and oxygen atoms in total. The van der Waals surface area contributed by atoms with Crippen LogP contribution in [0.15, 0.2) is 30.3 Å². The number of nitrogens with one attached hydrogen (secondary N) is 2. The fourth-order valence-electron chi connectivity index (χ4n) is 3.67. The summed E-state index contributed by atoms with van der Waals surface area (Å²) in [6, 6.07) is 8.57. The summed E-state index contributed by atoms with van der Waals surface area (Å²) in [7, 11) is 0. The molecule has 0 saturated heterocycles. The number of hydrogen-bond acceptors (Lipinski definition) is 3. The summed E-state index contributed by atoms with van der Waals surface area (Å²) in [4.78, 5) is 35.7. The predicted molar refractivity (Wildman–Crippen MR) is 128 cm³/mol. The lowest BCUT2D eigenvalue weighted by molar-refractivity contribution is -0.137. The van der Waals surface area contributed by atoms with Gasteiger partial charge in [0, 0.05) is 19.4 Å². The number of amides is 2. The number of carbonyl (C=O) groups excluding carboxylic acids is 2. The number of carbonyl (C=O) groups is 3. The molecule has 0 unspecified atom stereocenters. The standard InChI is InChI=1S/C26H42N2O4/c1-2-3-4-5-6-7-8-9-14-19-23(29)28-25(22-17-12-10-13-18-22)26(32)27-21-16-11-15-20-24(30)31/h10,12-13,17-18,25H,2-9,11,14-16,19-21H2,1H3,(H,27,32)(H,28,29)(H,30,31)/t25-/m0/s1. The molecule has 32 heavy (non-hydrogen) atoms. The zero-order valence-corrected chi connectivity index (χ0v) is 19.7. The van der Waals surface area contributed by atoms with Gasteiger partial charge in [-0.05, 0) is 24.8 Å². The minimum atomic E-state index is -0.798. The molecule has 0 fully saturated rings. The van der Waals surface area contributed by atoms with Crippen molar-refractivity contribution in [1.82, 2.24) is 10.6 Å². The van der Waals surface area contributed by atoms with Crippen LogP contribution in [0.25, 0.3) is 0 Å². The maximum Gasteiger partial charge on any atom is 0.303 e. The van der Waals surface area contributed by atoms with Crippen LogP contribution in [0.5, 0.6) is 0 Å². The van der Waals surface area contributed by atoms with E-state index in [1.807, 2.05) is 30.3 Å². The molecule has 0 heterocycles. The lowest BCUT2D eigenvalue weighted by Gasteiger charge is -2.19. The van der Waals surface area contributed by atoms with Crippen molar-refractivity contribution in [2.75, 3.05) is 6.54 Å². The average Bonchev–Trinajstić information content (AvgIpc) is 2.79. The van der Waals surface area contributed by atoms with Gasteiger partial charge in [0.2, 0.25) is 11.8 Å². The van der Waals surface area contributed by atoms with Crippen LogP contribution in [0.3, 0.4) is 0 Å². The smallest absolute Gasteiger partial charge is 0.303 e. The lowest BCUT2D eigenvalue weighted by atomic mass is 10.0. The van der Waals surface area contributed by atoms with E-state index in [-0.39, 0.29) is 18.2 Å². The number of carboxylic acids is 1. The van der Waals surface area contributed by atoms with Gasteiger partial charge < -0.3 is 15.7 Å². The molecule has 0 aromatic heterocycles. The zero-order chi connectivity index (χ0) is 23.4. The predicted octanol–water partition coefficient (Wildman–Crippen LogP) is 5.53. The second kappa shape index (κ2) is 18.2. The highest BCUT2D eigenvalue weighted by atomic mass is 16.4. The molecule has 1 aromatic carbocycles. The van der Waals surface area contributed by atoms with Crippen LogP contribution in [-0.2, 0) is 14.4 Å². The SMILES string of the molecule is CCCCCCCCCCCC(=O)N[C@H](C(=O)NCCCCCC(=O)O)c1ccccc1. The van der Waals surface area contributed by atoms with Crippen LogP contribution in [0.2, 0.25) is 0 Å². The van der Waals surface area contributed by atoms with Crippen LogP contribution in [0.4, 0.5) is 0 Å². The Hall–Kier alpha value is -2.37. The Morgan fingerprint density at radius 2 is 1.34 bits per heavy atom. The molecule has 1 aromatic rings. The molecule has 0 bridgehead atoms. The van der Waals surface area contributed by atoms with E-state index in [1.165, 1.54) is 38.5 Å². The maximum absolute atomic E-state index is 12.7. The quantitative estimate of drug-likeness (QED) is 0.244. The Labute approximate surface area is 193 Å². The van der Waals surface area contributed by atoms with E-state index < -0.39 is 12.0 Å². The van der Waals surface area contributed by atoms with Gasteiger partial charge in [-0.25, -0.2) is 0 Å². The molecule has 0 saturated carbocycles. The van der Waals surface area contributed by atoms with Gasteiger partial charge in [-0.2, -0.15) is 0 Å². The Balaban J connectivity index is 2.35. The van der Waals surface area contributed by atoms with Crippen molar-refractivity contribution in [3.63, 3.8) is 0 Å². The fraction of sp³-hybridized carbons (Fsp3) is 0.654. The first kappa shape index (κ1) is 27.7. The number of hydrogen-bond donors (Lipinski definition) is 3. The zero-order valence-electron chi connectivity index (χ0n) is 19.7. The molecule has 1 rings (SSSR count). The first-order valence-electron chi connectivity index (χ1n) is 12.4. The number of carboxylic acid groups (broad SMARTS) is 1. The summed E-state index contributed by atoms with van der Waals surface area (Å²) >= 11 is 0. The van der Waals surface area contributed by atoms with Crippen molar-refractivity contribution in [3.8, 4) is 0 Å². The monoisotopic (exact) mass is 446 g/mol. The van der Waals surface area contributed by atoms with E-state index in [1.54, 1.807) is 0 Å². The van der Waals surface area contributed by atoms with Crippen LogP contribution >= 0.6 is 0 Å². The number of unbranched alkanes of at least 4 members (excludes halogenated alkanes) is 10. The van der Waals surface area contributed by atoms with Crippen LogP contribution in [0, 0.1) is 0 Å². The highest BCUT2D eigenvalue weighted by molar-refractivity contribution is 5.88. The van der Waals surface area contributed by atoms with E-state index in [9.17, 15) is 14.4 Å². The molecular formula is C26H42N2O4. The largest absolute Gasteiger partial charge is 0.481 e. The van der Waals surface area contributed by atoms with Crippen LogP contribution in [0.1, 0.15) is 108 Å². The highest BCUT2D eigenvalue weighted by Crippen LogP contribution is 2.15. The van der Waals surface area contributed by atoms with Gasteiger partial charge in [-0.1, -0.05) is 95.0 Å². The van der Waals surface area contributed by atoms with E-state index in [4.69, 9.17) is 5.11 Å². The van der Waals surface area contributed by atoms with Gasteiger partial charge in [-0.15, -0.1) is 0 Å². The second-order valence-corrected chi connectivity index (χ2v) is 8.49. The molecule has 3 N–H and O–H groups in total. The molecule has 1 atom stereocenters. The lowest BCUT2D eigenvalue weighted by Crippen LogP contribution is -2.40. The summed E-state index contributed by atoms with van der Waals surface area (Å²) in [5, 5.41) is 14.4. The molecule has 6 heteroatoms. The number of aliphatic carboxylic acids is 1. The first-order valence-corrected chi connectivity index (χ1v) is 12.4. The van der Waals surface area contributed by atoms with Crippen LogP contribution < -0.4 is 10.6 Å². The molecule has 0 aliphatic heterocycles. The minimum Gasteiger partial charge on any atom is -0.481 e. The third-order valence-corrected chi connectivity index (χ3v) is 5.57. The average molecular weight is 447 g/mol. The van der Waals surface area contributed by atoms with Crippen molar-refractivity contribution >= 4 is 17.8 Å². The fourth-order valence-corrected chi connectivity index (χ4v) is 3.67. The van der Waals surface area contributed by atoms with E-state index in [0.717, 1.165) is 31.2 Å². The third-order valence-electron chi connectivity index (χ3n) is 5.57. The second-order valence-electron chi connectivity index (χ2n) is 8.49. The van der Waals surface area contributed by atoms with E-state index >= 15 is 0 Å². The molecule has 0 aliphatic rings. The first-order chi connectivity index (χ1) is 15.5. The van der Waals surface area contributed by atoms with Gasteiger partial charge in [0.15, 0.2) is 0 Å². The Morgan fingerprint density at radius 1 is 0.781 bits per heavy atom. The summed E-state index contributed by atoms with van der Waals surface area (Å²) in [5.41, 5.74) is 0.760. The van der Waals surface area contributed by atoms with Crippen molar-refractivity contribution in [1.29, 1.82) is 0 Å². The molecular weight excluding hydrogens is 404 g/mol. The Morgan fingerprint density at radius 3 is 1.97 bits per heavy atom.